The molecule has 0 aliphatic rings. The molecule has 0 N–H and O–H groups in total. The van der Waals surface area contributed by atoms with Crippen LogP contribution in [0.15, 0.2) is 146 Å². The van der Waals surface area contributed by atoms with Crippen molar-refractivity contribution in [3.63, 3.8) is 0 Å². The van der Waals surface area contributed by atoms with Crippen molar-refractivity contribution < 1.29 is 54.3 Å². The second kappa shape index (κ2) is 21.2. The molecule has 0 atom stereocenters. The first-order valence-corrected chi connectivity index (χ1v) is 11.4. The van der Waals surface area contributed by atoms with Crippen LogP contribution in [0.5, 0.6) is 0 Å². The van der Waals surface area contributed by atoms with Crippen molar-refractivity contribution in [3.8, 4) is 34.2 Å². The third-order valence-electron chi connectivity index (χ3n) is 4.78. The van der Waals surface area contributed by atoms with Gasteiger partial charge in [0.25, 0.3) is 0 Å². The van der Waals surface area contributed by atoms with Crippen molar-refractivity contribution in [2.45, 2.75) is 0 Å². The first-order chi connectivity index (χ1) is 17.9. The van der Waals surface area contributed by atoms with Crippen LogP contribution in [0.1, 0.15) is 0 Å². The van der Waals surface area contributed by atoms with Crippen molar-refractivity contribution in [2.75, 3.05) is 0 Å². The predicted octanol–water partition coefficient (Wildman–Crippen LogP) is -2.56. The SMILES string of the molecule is [Cl-].[Cl-].[Cl-].[Fe+3].c1ccc(-c2ccccn2)nc1.c1ccc(-c2ccccn2)nc1.c1ccc(-c2ccccn2)nc1. The molecule has 203 valence electrons. The molecule has 6 heterocycles. The number of aromatic nitrogens is 6. The second-order valence-electron chi connectivity index (χ2n) is 7.29. The molecule has 0 aromatic carbocycles. The van der Waals surface area contributed by atoms with Crippen LogP contribution < -0.4 is 37.2 Å². The largest absolute Gasteiger partial charge is 3.00 e. The maximum Gasteiger partial charge on any atom is 3.00 e. The third-order valence-corrected chi connectivity index (χ3v) is 4.78. The molecule has 0 aliphatic heterocycles. The van der Waals surface area contributed by atoms with Crippen LogP contribution in [-0.2, 0) is 17.1 Å². The van der Waals surface area contributed by atoms with Crippen molar-refractivity contribution in [1.82, 2.24) is 29.9 Å². The fourth-order valence-corrected chi connectivity index (χ4v) is 3.09. The molecule has 0 unspecified atom stereocenters. The fraction of sp³-hybridized carbons (Fsp3) is 0. The van der Waals surface area contributed by atoms with E-state index in [1.165, 1.54) is 0 Å². The van der Waals surface area contributed by atoms with Crippen LogP contribution in [-0.4, -0.2) is 29.9 Å². The van der Waals surface area contributed by atoms with Gasteiger partial charge in [-0.05, 0) is 72.8 Å². The molecular weight excluding hydrogens is 607 g/mol. The summed E-state index contributed by atoms with van der Waals surface area (Å²) in [5, 5.41) is 0. The van der Waals surface area contributed by atoms with Crippen LogP contribution in [0.2, 0.25) is 0 Å². The summed E-state index contributed by atoms with van der Waals surface area (Å²) in [4.78, 5) is 25.1. The standard InChI is InChI=1S/3C10H8N2.3ClH.Fe/c3*1-3-7-11-9(5-1)10-6-2-4-8-12-10;;;;/h3*1-8H;3*1H;/q;;;;;;+3/p-3. The molecule has 10 heteroatoms. The van der Waals surface area contributed by atoms with Gasteiger partial charge in [0.05, 0.1) is 34.2 Å². The minimum Gasteiger partial charge on any atom is -1.00 e. The molecule has 40 heavy (non-hydrogen) atoms. The van der Waals surface area contributed by atoms with Crippen molar-refractivity contribution >= 4 is 0 Å². The van der Waals surface area contributed by atoms with Gasteiger partial charge in [0.1, 0.15) is 0 Å². The summed E-state index contributed by atoms with van der Waals surface area (Å²) in [6.07, 6.45) is 10.6. The summed E-state index contributed by atoms with van der Waals surface area (Å²) in [7, 11) is 0. The maximum atomic E-state index is 4.19. The van der Waals surface area contributed by atoms with Gasteiger partial charge in [0.2, 0.25) is 0 Å². The molecule has 1 radical (unpaired) electrons. The van der Waals surface area contributed by atoms with Crippen molar-refractivity contribution in [1.29, 1.82) is 0 Å². The van der Waals surface area contributed by atoms with Crippen LogP contribution >= 0.6 is 0 Å². The Bertz CT molecular complexity index is 1120. The van der Waals surface area contributed by atoms with Crippen molar-refractivity contribution in [2.24, 2.45) is 0 Å². The third kappa shape index (κ3) is 12.0. The summed E-state index contributed by atoms with van der Waals surface area (Å²) in [6.45, 7) is 0. The molecule has 6 aromatic rings. The quantitative estimate of drug-likeness (QED) is 0.201. The Hall–Kier alpha value is -3.71. The van der Waals surface area contributed by atoms with Crippen LogP contribution in [0.25, 0.3) is 34.2 Å². The van der Waals surface area contributed by atoms with Gasteiger partial charge >= 0.3 is 17.1 Å². The maximum absolute atomic E-state index is 4.19. The van der Waals surface area contributed by atoms with E-state index in [0.29, 0.717) is 0 Å². The van der Waals surface area contributed by atoms with Gasteiger partial charge in [-0.3, -0.25) is 29.9 Å². The van der Waals surface area contributed by atoms with Gasteiger partial charge < -0.3 is 37.2 Å². The van der Waals surface area contributed by atoms with Crippen molar-refractivity contribution in [3.05, 3.63) is 146 Å². The van der Waals surface area contributed by atoms with E-state index in [-0.39, 0.29) is 54.3 Å². The Morgan fingerprint density at radius 1 is 0.250 bits per heavy atom. The molecular formula is C30H24Cl3FeN6. The summed E-state index contributed by atoms with van der Waals surface area (Å²) in [6, 6.07) is 34.8. The zero-order valence-corrected chi connectivity index (χ0v) is 24.4. The van der Waals surface area contributed by atoms with E-state index in [4.69, 9.17) is 0 Å². The number of rotatable bonds is 3. The summed E-state index contributed by atoms with van der Waals surface area (Å²) < 4.78 is 0. The monoisotopic (exact) mass is 629 g/mol. The minimum absolute atomic E-state index is 0. The molecule has 0 saturated heterocycles. The van der Waals surface area contributed by atoms with E-state index in [2.05, 4.69) is 29.9 Å². The number of nitrogens with zero attached hydrogens (tertiary/aromatic N) is 6. The van der Waals surface area contributed by atoms with Gasteiger partial charge in [-0.25, -0.2) is 0 Å². The number of hydrogen-bond donors (Lipinski definition) is 0. The molecule has 0 saturated carbocycles. The van der Waals surface area contributed by atoms with Crippen LogP contribution in [0.4, 0.5) is 0 Å². The number of pyridine rings is 6. The molecule has 0 amide bonds. The molecule has 0 fully saturated rings. The Kier molecular flexibility index (Phi) is 19.2. The second-order valence-corrected chi connectivity index (χ2v) is 7.29. The normalized spacial score (nSPS) is 8.70. The van der Waals surface area contributed by atoms with E-state index in [0.717, 1.165) is 34.2 Å². The summed E-state index contributed by atoms with van der Waals surface area (Å²) in [5.74, 6) is 0. The van der Waals surface area contributed by atoms with E-state index < -0.39 is 0 Å². The average Bonchev–Trinajstić information content (AvgIpc) is 3.01. The van der Waals surface area contributed by atoms with Crippen LogP contribution in [0.3, 0.4) is 0 Å². The molecule has 0 aliphatic carbocycles. The summed E-state index contributed by atoms with van der Waals surface area (Å²) >= 11 is 0. The number of hydrogen-bond acceptors (Lipinski definition) is 6. The van der Waals surface area contributed by atoms with Gasteiger partial charge in [0.15, 0.2) is 0 Å². The Morgan fingerprint density at radius 2 is 0.400 bits per heavy atom. The number of halogens is 3. The molecule has 6 aromatic heterocycles. The summed E-state index contributed by atoms with van der Waals surface area (Å²) in [5.41, 5.74) is 5.49. The van der Waals surface area contributed by atoms with E-state index in [9.17, 15) is 0 Å². The van der Waals surface area contributed by atoms with Gasteiger partial charge in [-0.2, -0.15) is 0 Å². The van der Waals surface area contributed by atoms with E-state index in [1.807, 2.05) is 109 Å². The molecule has 0 bridgehead atoms. The van der Waals surface area contributed by atoms with E-state index in [1.54, 1.807) is 37.2 Å². The first-order valence-electron chi connectivity index (χ1n) is 11.4. The Balaban J connectivity index is 0.000000543. The fourth-order valence-electron chi connectivity index (χ4n) is 3.09. The van der Waals surface area contributed by atoms with E-state index >= 15 is 0 Å². The Morgan fingerprint density at radius 3 is 0.500 bits per heavy atom. The smallest absolute Gasteiger partial charge is 1.00 e. The molecule has 0 spiro atoms. The molecule has 6 nitrogen and oxygen atoms in total. The Labute approximate surface area is 263 Å². The molecule has 6 rings (SSSR count). The zero-order chi connectivity index (χ0) is 24.7. The minimum atomic E-state index is 0. The van der Waals surface area contributed by atoms with Crippen LogP contribution in [0, 0.1) is 0 Å². The average molecular weight is 631 g/mol. The van der Waals surface area contributed by atoms with Gasteiger partial charge in [-0.1, -0.05) is 36.4 Å². The zero-order valence-electron chi connectivity index (χ0n) is 21.0. The first kappa shape index (κ1) is 36.3. The predicted molar refractivity (Wildman–Crippen MR) is 142 cm³/mol. The van der Waals surface area contributed by atoms with Gasteiger partial charge in [-0.15, -0.1) is 0 Å². The topological polar surface area (TPSA) is 77.3 Å². The van der Waals surface area contributed by atoms with Gasteiger partial charge in [0, 0.05) is 37.2 Å².